The van der Waals surface area contributed by atoms with Crippen LogP contribution in [0.15, 0.2) is 48.5 Å². The summed E-state index contributed by atoms with van der Waals surface area (Å²) >= 11 is 0. The first kappa shape index (κ1) is 12.9. The average Bonchev–Trinajstić information content (AvgIpc) is 2.90. The Morgan fingerprint density at radius 2 is 1.95 bits per heavy atom. The molecule has 3 rings (SSSR count). The molecule has 1 N–H and O–H groups in total. The highest BCUT2D eigenvalue weighted by Crippen LogP contribution is 2.30. The Bertz CT molecular complexity index is 622. The van der Waals surface area contributed by atoms with Crippen LogP contribution < -0.4 is 4.90 Å². The summed E-state index contributed by atoms with van der Waals surface area (Å²) in [6.45, 7) is 1.44. The van der Waals surface area contributed by atoms with E-state index in [1.807, 2.05) is 18.2 Å². The number of benzene rings is 2. The lowest BCUT2D eigenvalue weighted by Gasteiger charge is -2.19. The van der Waals surface area contributed by atoms with Crippen LogP contribution in [0.2, 0.25) is 0 Å². The topological polar surface area (TPSA) is 40.5 Å². The van der Waals surface area contributed by atoms with Gasteiger partial charge in [0.1, 0.15) is 6.61 Å². The highest BCUT2D eigenvalue weighted by Gasteiger charge is 2.20. The Balaban J connectivity index is 1.82. The van der Waals surface area contributed by atoms with Crippen LogP contribution in [0.5, 0.6) is 0 Å². The van der Waals surface area contributed by atoms with E-state index < -0.39 is 6.61 Å². The van der Waals surface area contributed by atoms with Gasteiger partial charge in [-0.15, -0.1) is 0 Å². The number of hydrogen-bond donors (Lipinski definition) is 1. The molecule has 1 heterocycles. The van der Waals surface area contributed by atoms with Crippen molar-refractivity contribution >= 4 is 11.5 Å². The number of carbonyl (C=O) groups is 1. The second-order valence-corrected chi connectivity index (χ2v) is 5.08. The van der Waals surface area contributed by atoms with E-state index in [4.69, 9.17) is 5.11 Å². The largest absolute Gasteiger partial charge is 0.388 e. The third-order valence-corrected chi connectivity index (χ3v) is 3.75. The Hall–Kier alpha value is -2.13. The van der Waals surface area contributed by atoms with Crippen LogP contribution in [-0.4, -0.2) is 24.0 Å². The first-order valence-electron chi connectivity index (χ1n) is 6.84. The van der Waals surface area contributed by atoms with Crippen molar-refractivity contribution in [3.63, 3.8) is 0 Å². The number of aliphatic hydroxyl groups is 1. The van der Waals surface area contributed by atoms with Crippen LogP contribution in [0.1, 0.15) is 21.5 Å². The summed E-state index contributed by atoms with van der Waals surface area (Å²) in [6, 6.07) is 16.1. The molecule has 0 fully saturated rings. The zero-order chi connectivity index (χ0) is 13.9. The van der Waals surface area contributed by atoms with E-state index in [1.54, 1.807) is 6.07 Å². The van der Waals surface area contributed by atoms with Gasteiger partial charge in [-0.1, -0.05) is 30.3 Å². The number of aliphatic hydroxyl groups excluding tert-OH is 1. The number of rotatable bonds is 4. The predicted octanol–water partition coefficient (Wildman–Crippen LogP) is 2.42. The minimum Gasteiger partial charge on any atom is -0.388 e. The van der Waals surface area contributed by atoms with E-state index in [0.717, 1.165) is 19.5 Å². The molecule has 3 heteroatoms. The summed E-state index contributed by atoms with van der Waals surface area (Å²) in [4.78, 5) is 13.9. The number of fused-ring (bicyclic) bond motifs is 1. The van der Waals surface area contributed by atoms with Crippen molar-refractivity contribution in [2.45, 2.75) is 13.0 Å². The highest BCUT2D eigenvalue weighted by atomic mass is 16.3. The van der Waals surface area contributed by atoms with Crippen molar-refractivity contribution in [1.82, 2.24) is 0 Å². The smallest absolute Gasteiger partial charge is 0.188 e. The number of carbonyl (C=O) groups excluding carboxylic acids is 1. The Morgan fingerprint density at radius 1 is 1.15 bits per heavy atom. The number of anilines is 1. The van der Waals surface area contributed by atoms with Crippen molar-refractivity contribution in [3.05, 3.63) is 65.2 Å². The molecule has 102 valence electrons. The van der Waals surface area contributed by atoms with Gasteiger partial charge in [-0.05, 0) is 35.7 Å². The molecule has 20 heavy (non-hydrogen) atoms. The molecule has 0 atom stereocenters. The number of ketones is 1. The van der Waals surface area contributed by atoms with Crippen LogP contribution in [0.4, 0.5) is 5.69 Å². The van der Waals surface area contributed by atoms with Gasteiger partial charge in [-0.25, -0.2) is 0 Å². The van der Waals surface area contributed by atoms with E-state index in [0.29, 0.717) is 5.56 Å². The van der Waals surface area contributed by atoms with Crippen LogP contribution in [-0.2, 0) is 13.0 Å². The summed E-state index contributed by atoms with van der Waals surface area (Å²) in [5.74, 6) is -0.214. The number of nitrogens with zero attached hydrogens (tertiary/aromatic N) is 1. The number of Topliss-reactive ketones (excluding diaryl/α,β-unsaturated/α-hetero) is 1. The lowest BCUT2D eigenvalue weighted by atomic mass is 10.1. The third-order valence-electron chi connectivity index (χ3n) is 3.75. The number of hydrogen-bond acceptors (Lipinski definition) is 3. The van der Waals surface area contributed by atoms with Gasteiger partial charge in [0.2, 0.25) is 0 Å². The summed E-state index contributed by atoms with van der Waals surface area (Å²) in [6.07, 6.45) is 0.953. The monoisotopic (exact) mass is 267 g/mol. The molecule has 3 nitrogen and oxygen atoms in total. The first-order chi connectivity index (χ1) is 9.78. The predicted molar refractivity (Wildman–Crippen MR) is 79.1 cm³/mol. The molecule has 1 aliphatic rings. The lowest BCUT2D eigenvalue weighted by Crippen LogP contribution is -2.19. The molecular weight excluding hydrogens is 250 g/mol. The van der Waals surface area contributed by atoms with Crippen molar-refractivity contribution in [2.75, 3.05) is 18.1 Å². The van der Waals surface area contributed by atoms with Gasteiger partial charge >= 0.3 is 0 Å². The van der Waals surface area contributed by atoms with Gasteiger partial charge in [0, 0.05) is 24.3 Å². The molecule has 1 aliphatic heterocycles. The maximum Gasteiger partial charge on any atom is 0.188 e. The second-order valence-electron chi connectivity index (χ2n) is 5.08. The molecular formula is C17H17NO2. The molecule has 0 unspecified atom stereocenters. The molecule has 0 radical (unpaired) electrons. The van der Waals surface area contributed by atoms with Crippen molar-refractivity contribution < 1.29 is 9.90 Å². The zero-order valence-electron chi connectivity index (χ0n) is 11.2. The standard InChI is InChI=1S/C17H17NO2/c19-12-17(20)15-6-7-16-14(10-15)8-9-18(16)11-13-4-2-1-3-5-13/h1-7,10,19H,8-9,11-12H2. The molecule has 0 saturated heterocycles. The fraction of sp³-hybridized carbons (Fsp3) is 0.235. The van der Waals surface area contributed by atoms with E-state index in [2.05, 4.69) is 29.2 Å². The van der Waals surface area contributed by atoms with E-state index in [9.17, 15) is 4.79 Å². The van der Waals surface area contributed by atoms with E-state index in [-0.39, 0.29) is 5.78 Å². The SMILES string of the molecule is O=C(CO)c1ccc2c(c1)CCN2Cc1ccccc1. The van der Waals surface area contributed by atoms with E-state index in [1.165, 1.54) is 16.8 Å². The Kier molecular flexibility index (Phi) is 3.52. The summed E-state index contributed by atoms with van der Waals surface area (Å²) in [7, 11) is 0. The van der Waals surface area contributed by atoms with Gasteiger partial charge in [0.25, 0.3) is 0 Å². The quantitative estimate of drug-likeness (QED) is 0.865. The molecule has 0 amide bonds. The van der Waals surface area contributed by atoms with Gasteiger partial charge < -0.3 is 10.0 Å². The van der Waals surface area contributed by atoms with Crippen molar-refractivity contribution in [2.24, 2.45) is 0 Å². The molecule has 2 aromatic carbocycles. The maximum atomic E-state index is 11.5. The summed E-state index contributed by atoms with van der Waals surface area (Å²) in [5, 5.41) is 8.92. The van der Waals surface area contributed by atoms with Gasteiger partial charge in [-0.2, -0.15) is 0 Å². The van der Waals surface area contributed by atoms with Crippen LogP contribution in [0.3, 0.4) is 0 Å². The third kappa shape index (κ3) is 2.45. The molecule has 0 saturated carbocycles. The highest BCUT2D eigenvalue weighted by molar-refractivity contribution is 5.97. The first-order valence-corrected chi connectivity index (χ1v) is 6.84. The van der Waals surface area contributed by atoms with Crippen molar-refractivity contribution in [3.8, 4) is 0 Å². The fourth-order valence-corrected chi connectivity index (χ4v) is 2.70. The van der Waals surface area contributed by atoms with Gasteiger partial charge in [-0.3, -0.25) is 4.79 Å². The van der Waals surface area contributed by atoms with Gasteiger partial charge in [0.15, 0.2) is 5.78 Å². The molecule has 0 bridgehead atoms. The van der Waals surface area contributed by atoms with Gasteiger partial charge in [0.05, 0.1) is 0 Å². The lowest BCUT2D eigenvalue weighted by molar-refractivity contribution is 0.0903. The van der Waals surface area contributed by atoms with E-state index >= 15 is 0 Å². The zero-order valence-corrected chi connectivity index (χ0v) is 11.2. The van der Waals surface area contributed by atoms with Crippen LogP contribution >= 0.6 is 0 Å². The van der Waals surface area contributed by atoms with Crippen molar-refractivity contribution in [1.29, 1.82) is 0 Å². The molecule has 2 aromatic rings. The molecule has 0 aromatic heterocycles. The van der Waals surface area contributed by atoms with Crippen LogP contribution in [0, 0.1) is 0 Å². The Labute approximate surface area is 118 Å². The molecule has 0 spiro atoms. The minimum absolute atomic E-state index is 0.214. The Morgan fingerprint density at radius 3 is 2.70 bits per heavy atom. The summed E-state index contributed by atoms with van der Waals surface area (Å²) in [5.41, 5.74) is 4.28. The average molecular weight is 267 g/mol. The molecule has 0 aliphatic carbocycles. The van der Waals surface area contributed by atoms with Crippen LogP contribution in [0.25, 0.3) is 0 Å². The summed E-state index contributed by atoms with van der Waals surface area (Å²) < 4.78 is 0. The minimum atomic E-state index is -0.424. The maximum absolute atomic E-state index is 11.5. The second kappa shape index (κ2) is 5.47. The normalized spacial score (nSPS) is 13.3. The fourth-order valence-electron chi connectivity index (χ4n) is 2.70.